The maximum atomic E-state index is 13.0. The third-order valence-corrected chi connectivity index (χ3v) is 5.06. The smallest absolute Gasteiger partial charge is 0.242 e. The van der Waals surface area contributed by atoms with Crippen molar-refractivity contribution in [1.29, 1.82) is 0 Å². The summed E-state index contributed by atoms with van der Waals surface area (Å²) in [5.41, 5.74) is 3.08. The van der Waals surface area contributed by atoms with Gasteiger partial charge in [-0.25, -0.2) is 0 Å². The van der Waals surface area contributed by atoms with Gasteiger partial charge in [0.25, 0.3) is 0 Å². The van der Waals surface area contributed by atoms with Gasteiger partial charge in [0.2, 0.25) is 11.8 Å². The summed E-state index contributed by atoms with van der Waals surface area (Å²) in [6.45, 7) is 6.60. The molecule has 0 saturated carbocycles. The zero-order chi connectivity index (χ0) is 19.8. The first-order valence-electron chi connectivity index (χ1n) is 9.29. The molecule has 0 bridgehead atoms. The van der Waals surface area contributed by atoms with Gasteiger partial charge in [0.15, 0.2) is 0 Å². The van der Waals surface area contributed by atoms with E-state index in [0.29, 0.717) is 31.0 Å². The molecule has 4 nitrogen and oxygen atoms in total. The molecular formula is C22H27ClN2O2. The number of likely N-dealkylation sites (N-methyl/N-ethyl adjacent to an activating group) is 1. The number of amides is 2. The van der Waals surface area contributed by atoms with Crippen LogP contribution in [-0.2, 0) is 22.6 Å². The van der Waals surface area contributed by atoms with Gasteiger partial charge in [-0.05, 0) is 49.9 Å². The van der Waals surface area contributed by atoms with Crippen molar-refractivity contribution >= 4 is 23.4 Å². The van der Waals surface area contributed by atoms with Gasteiger partial charge in [0, 0.05) is 24.5 Å². The minimum Gasteiger partial charge on any atom is -0.355 e. The molecule has 1 atom stereocenters. The molecule has 0 spiro atoms. The van der Waals surface area contributed by atoms with Crippen LogP contribution in [0.15, 0.2) is 48.5 Å². The first-order chi connectivity index (χ1) is 12.9. The zero-order valence-corrected chi connectivity index (χ0v) is 16.9. The van der Waals surface area contributed by atoms with Gasteiger partial charge in [-0.2, -0.15) is 0 Å². The molecule has 2 amide bonds. The van der Waals surface area contributed by atoms with Crippen LogP contribution < -0.4 is 5.32 Å². The number of carbonyl (C=O) groups excluding carboxylic acids is 2. The highest BCUT2D eigenvalue weighted by Crippen LogP contribution is 2.19. The lowest BCUT2D eigenvalue weighted by Gasteiger charge is -2.29. The number of benzene rings is 2. The lowest BCUT2D eigenvalue weighted by atomic mass is 10.1. The quantitative estimate of drug-likeness (QED) is 0.741. The van der Waals surface area contributed by atoms with Gasteiger partial charge in [0.1, 0.15) is 6.04 Å². The maximum Gasteiger partial charge on any atom is 0.242 e. The molecule has 2 rings (SSSR count). The van der Waals surface area contributed by atoms with E-state index in [1.165, 1.54) is 0 Å². The normalized spacial score (nSPS) is 11.7. The van der Waals surface area contributed by atoms with Crippen molar-refractivity contribution < 1.29 is 9.59 Å². The Hall–Kier alpha value is -2.33. The fourth-order valence-corrected chi connectivity index (χ4v) is 3.19. The SMILES string of the molecule is CCNC(=O)[C@@H](C)N(Cc1ccccc1C)C(=O)CCc1ccccc1Cl. The summed E-state index contributed by atoms with van der Waals surface area (Å²) in [7, 11) is 0. The van der Waals surface area contributed by atoms with E-state index in [4.69, 9.17) is 11.6 Å². The maximum absolute atomic E-state index is 13.0. The number of hydrogen-bond donors (Lipinski definition) is 1. The monoisotopic (exact) mass is 386 g/mol. The summed E-state index contributed by atoms with van der Waals surface area (Å²) in [4.78, 5) is 27.0. The Labute approximate surface area is 166 Å². The van der Waals surface area contributed by atoms with Crippen molar-refractivity contribution in [2.45, 2.75) is 46.2 Å². The van der Waals surface area contributed by atoms with E-state index in [9.17, 15) is 9.59 Å². The van der Waals surface area contributed by atoms with Gasteiger partial charge in [0.05, 0.1) is 0 Å². The van der Waals surface area contributed by atoms with E-state index in [2.05, 4.69) is 5.32 Å². The van der Waals surface area contributed by atoms with Crippen LogP contribution >= 0.6 is 11.6 Å². The highest BCUT2D eigenvalue weighted by Gasteiger charge is 2.26. The Kier molecular flexibility index (Phi) is 7.86. The van der Waals surface area contributed by atoms with Gasteiger partial charge >= 0.3 is 0 Å². The molecule has 27 heavy (non-hydrogen) atoms. The van der Waals surface area contributed by atoms with Crippen LogP contribution in [0.25, 0.3) is 0 Å². The van der Waals surface area contributed by atoms with Crippen molar-refractivity contribution in [3.05, 3.63) is 70.2 Å². The lowest BCUT2D eigenvalue weighted by Crippen LogP contribution is -2.47. The molecule has 0 radical (unpaired) electrons. The standard InChI is InChI=1S/C22H27ClN2O2/c1-4-24-22(27)17(3)25(15-19-11-6-5-9-16(19)2)21(26)14-13-18-10-7-8-12-20(18)23/h5-12,17H,4,13-15H2,1-3H3,(H,24,27)/t17-/m1/s1. The van der Waals surface area contributed by atoms with E-state index in [-0.39, 0.29) is 11.8 Å². The van der Waals surface area contributed by atoms with Gasteiger partial charge < -0.3 is 10.2 Å². The molecule has 144 valence electrons. The van der Waals surface area contributed by atoms with E-state index >= 15 is 0 Å². The highest BCUT2D eigenvalue weighted by molar-refractivity contribution is 6.31. The van der Waals surface area contributed by atoms with Gasteiger partial charge in [-0.3, -0.25) is 9.59 Å². The van der Waals surface area contributed by atoms with Crippen LogP contribution in [0.5, 0.6) is 0 Å². The third-order valence-electron chi connectivity index (χ3n) is 4.69. The molecule has 5 heteroatoms. The number of carbonyl (C=O) groups is 2. The minimum absolute atomic E-state index is 0.0584. The summed E-state index contributed by atoms with van der Waals surface area (Å²) in [6, 6.07) is 14.9. The number of aryl methyl sites for hydroxylation is 2. The van der Waals surface area contributed by atoms with Crippen LogP contribution in [0.4, 0.5) is 0 Å². The summed E-state index contributed by atoms with van der Waals surface area (Å²) >= 11 is 6.20. The van der Waals surface area contributed by atoms with Gasteiger partial charge in [-0.1, -0.05) is 54.1 Å². The molecule has 0 fully saturated rings. The Morgan fingerprint density at radius 2 is 1.70 bits per heavy atom. The molecule has 0 aliphatic heterocycles. The van der Waals surface area contributed by atoms with Crippen LogP contribution in [0, 0.1) is 6.92 Å². The second kappa shape index (κ2) is 10.1. The Morgan fingerprint density at radius 1 is 1.07 bits per heavy atom. The van der Waals surface area contributed by atoms with E-state index in [1.54, 1.807) is 11.8 Å². The van der Waals surface area contributed by atoms with Crippen LogP contribution in [0.1, 0.15) is 37.0 Å². The average Bonchev–Trinajstić information content (AvgIpc) is 2.66. The average molecular weight is 387 g/mol. The Morgan fingerprint density at radius 3 is 2.33 bits per heavy atom. The number of nitrogens with zero attached hydrogens (tertiary/aromatic N) is 1. The summed E-state index contributed by atoms with van der Waals surface area (Å²) in [5.74, 6) is -0.200. The van der Waals surface area contributed by atoms with Crippen LogP contribution in [0.3, 0.4) is 0 Å². The molecule has 2 aromatic rings. The molecule has 0 saturated heterocycles. The third kappa shape index (κ3) is 5.83. The molecule has 0 unspecified atom stereocenters. The molecule has 0 heterocycles. The number of nitrogens with one attached hydrogen (secondary N) is 1. The molecule has 0 aliphatic carbocycles. The summed E-state index contributed by atoms with van der Waals surface area (Å²) < 4.78 is 0. The van der Waals surface area contributed by atoms with E-state index < -0.39 is 6.04 Å². The molecule has 0 aromatic heterocycles. The zero-order valence-electron chi connectivity index (χ0n) is 16.2. The first kappa shape index (κ1) is 21.0. The van der Waals surface area contributed by atoms with Crippen molar-refractivity contribution in [2.24, 2.45) is 0 Å². The molecule has 1 N–H and O–H groups in total. The Balaban J connectivity index is 2.17. The van der Waals surface area contributed by atoms with Crippen molar-refractivity contribution in [3.63, 3.8) is 0 Å². The highest BCUT2D eigenvalue weighted by atomic mass is 35.5. The minimum atomic E-state index is -0.539. The van der Waals surface area contributed by atoms with Gasteiger partial charge in [-0.15, -0.1) is 0 Å². The predicted molar refractivity (Wildman–Crippen MR) is 110 cm³/mol. The van der Waals surface area contributed by atoms with Crippen molar-refractivity contribution in [3.8, 4) is 0 Å². The predicted octanol–water partition coefficient (Wildman–Crippen LogP) is 4.13. The summed E-state index contributed by atoms with van der Waals surface area (Å²) in [5, 5.41) is 3.47. The fourth-order valence-electron chi connectivity index (χ4n) is 2.96. The lowest BCUT2D eigenvalue weighted by molar-refractivity contribution is -0.140. The second-order valence-corrected chi connectivity index (χ2v) is 7.02. The topological polar surface area (TPSA) is 49.4 Å². The first-order valence-corrected chi connectivity index (χ1v) is 9.67. The van der Waals surface area contributed by atoms with Crippen LogP contribution in [0.2, 0.25) is 5.02 Å². The van der Waals surface area contributed by atoms with Crippen molar-refractivity contribution in [2.75, 3.05) is 6.54 Å². The summed E-state index contributed by atoms with van der Waals surface area (Å²) in [6.07, 6.45) is 0.851. The molecule has 2 aromatic carbocycles. The second-order valence-electron chi connectivity index (χ2n) is 6.61. The number of hydrogen-bond acceptors (Lipinski definition) is 2. The van der Waals surface area contributed by atoms with E-state index in [1.807, 2.05) is 62.4 Å². The van der Waals surface area contributed by atoms with E-state index in [0.717, 1.165) is 16.7 Å². The number of halogens is 1. The van der Waals surface area contributed by atoms with Crippen LogP contribution in [-0.4, -0.2) is 29.3 Å². The van der Waals surface area contributed by atoms with Crippen molar-refractivity contribution in [1.82, 2.24) is 10.2 Å². The number of rotatable bonds is 8. The fraction of sp³-hybridized carbons (Fsp3) is 0.364. The Bertz CT molecular complexity index is 791. The molecular weight excluding hydrogens is 360 g/mol. The largest absolute Gasteiger partial charge is 0.355 e. The molecule has 0 aliphatic rings.